The van der Waals surface area contributed by atoms with Crippen LogP contribution in [0.3, 0.4) is 0 Å². The maximum Gasteiger partial charge on any atom is 0.322 e. The number of likely N-dealkylation sites (tertiary alicyclic amines) is 1. The third-order valence-corrected chi connectivity index (χ3v) is 7.52. The Balaban J connectivity index is 1.24. The van der Waals surface area contributed by atoms with Crippen molar-refractivity contribution in [2.75, 3.05) is 26.2 Å². The van der Waals surface area contributed by atoms with Gasteiger partial charge in [0.15, 0.2) is 0 Å². The lowest BCUT2D eigenvalue weighted by Gasteiger charge is -2.37. The molecule has 0 bridgehead atoms. The Labute approximate surface area is 218 Å². The maximum absolute atomic E-state index is 13.1. The normalized spacial score (nSPS) is 18.1. The van der Waals surface area contributed by atoms with Crippen LogP contribution in [0.25, 0.3) is 10.9 Å². The highest BCUT2D eigenvalue weighted by atomic mass is 32.1. The van der Waals surface area contributed by atoms with Gasteiger partial charge >= 0.3 is 4.87 Å². The van der Waals surface area contributed by atoms with E-state index in [9.17, 15) is 14.7 Å². The molecule has 0 saturated carbocycles. The van der Waals surface area contributed by atoms with Crippen molar-refractivity contribution >= 4 is 28.1 Å². The lowest BCUT2D eigenvalue weighted by molar-refractivity contribution is 0.0882. The number of carbonyl (C=O) groups is 1. The number of hydrogen-bond donors (Lipinski definition) is 3. The van der Waals surface area contributed by atoms with E-state index in [4.69, 9.17) is 4.74 Å². The number of amides is 1. The molecule has 1 aliphatic rings. The molecular weight excluding hydrogens is 490 g/mol. The first kappa shape index (κ1) is 25.1. The second kappa shape index (κ2) is 11.2. The van der Waals surface area contributed by atoms with Crippen molar-refractivity contribution in [1.29, 1.82) is 0 Å². The van der Waals surface area contributed by atoms with Gasteiger partial charge in [-0.25, -0.2) is 5.10 Å². The minimum atomic E-state index is -0.218. The number of pyridine rings is 1. The average molecular weight is 520 g/mol. The second-order valence-electron chi connectivity index (χ2n) is 9.20. The number of nitrogens with zero attached hydrogens (tertiary/aromatic N) is 3. The minimum Gasteiger partial charge on any atom is -0.489 e. The Morgan fingerprint density at radius 1 is 1.24 bits per heavy atom. The van der Waals surface area contributed by atoms with Crippen LogP contribution in [0.2, 0.25) is 0 Å². The Hall–Kier alpha value is -3.60. The van der Waals surface area contributed by atoms with Crippen LogP contribution >= 0.6 is 11.3 Å². The lowest BCUT2D eigenvalue weighted by atomic mass is 9.92. The second-order valence-corrected chi connectivity index (χ2v) is 10.2. The average Bonchev–Trinajstić information content (AvgIpc) is 3.34. The van der Waals surface area contributed by atoms with Gasteiger partial charge in [0.2, 0.25) is 0 Å². The molecule has 2 aromatic heterocycles. The smallest absolute Gasteiger partial charge is 0.322 e. The highest BCUT2D eigenvalue weighted by Gasteiger charge is 2.33. The predicted octanol–water partition coefficient (Wildman–Crippen LogP) is 2.85. The molecular formula is C27H29N5O4S. The van der Waals surface area contributed by atoms with E-state index in [1.807, 2.05) is 37.3 Å². The van der Waals surface area contributed by atoms with Gasteiger partial charge in [0.1, 0.15) is 17.4 Å². The van der Waals surface area contributed by atoms with Crippen LogP contribution in [0.15, 0.2) is 59.4 Å². The number of nitrogens with one attached hydrogen (secondary N) is 2. The van der Waals surface area contributed by atoms with Crippen molar-refractivity contribution in [1.82, 2.24) is 25.4 Å². The van der Waals surface area contributed by atoms with Crippen LogP contribution in [-0.4, -0.2) is 63.4 Å². The third kappa shape index (κ3) is 5.87. The summed E-state index contributed by atoms with van der Waals surface area (Å²) in [4.78, 5) is 31.3. The minimum absolute atomic E-state index is 0.0615. The molecule has 1 amide bonds. The number of carbonyl (C=O) groups excluding carboxylic acids is 1. The molecule has 10 heteroatoms. The van der Waals surface area contributed by atoms with Gasteiger partial charge < -0.3 is 20.1 Å². The van der Waals surface area contributed by atoms with Crippen molar-refractivity contribution in [2.45, 2.75) is 31.9 Å². The van der Waals surface area contributed by atoms with E-state index in [1.165, 1.54) is 0 Å². The number of β-amino-alcohol motifs (C(OH)–C–C–N with tert-alkyl or cyclic N) is 1. The van der Waals surface area contributed by atoms with Crippen molar-refractivity contribution in [3.63, 3.8) is 0 Å². The zero-order valence-electron chi connectivity index (χ0n) is 20.5. The van der Waals surface area contributed by atoms with Crippen molar-refractivity contribution in [3.05, 3.63) is 86.1 Å². The summed E-state index contributed by atoms with van der Waals surface area (Å²) in [5.74, 6) is 0.358. The summed E-state index contributed by atoms with van der Waals surface area (Å²) < 4.78 is 6.03. The number of aliphatic hydroxyl groups is 1. The molecule has 1 saturated heterocycles. The van der Waals surface area contributed by atoms with E-state index in [2.05, 4.69) is 25.4 Å². The number of aromatic amines is 1. The number of hydrogen-bond acceptors (Lipinski definition) is 8. The number of ether oxygens (including phenoxy) is 1. The molecule has 0 spiro atoms. The van der Waals surface area contributed by atoms with E-state index >= 15 is 0 Å². The number of benzene rings is 2. The summed E-state index contributed by atoms with van der Waals surface area (Å²) in [6.45, 7) is 4.34. The van der Waals surface area contributed by atoms with Crippen molar-refractivity contribution < 1.29 is 14.6 Å². The Bertz CT molecular complexity index is 1430. The van der Waals surface area contributed by atoms with E-state index < -0.39 is 0 Å². The summed E-state index contributed by atoms with van der Waals surface area (Å²) >= 11 is 1.06. The summed E-state index contributed by atoms with van der Waals surface area (Å²) in [5, 5.41) is 20.8. The van der Waals surface area contributed by atoms with Gasteiger partial charge in [0.05, 0.1) is 12.1 Å². The Morgan fingerprint density at radius 2 is 2.05 bits per heavy atom. The first-order valence-electron chi connectivity index (χ1n) is 12.3. The lowest BCUT2D eigenvalue weighted by Crippen LogP contribution is -2.50. The molecule has 1 aliphatic heterocycles. The molecule has 9 nitrogen and oxygen atoms in total. The highest BCUT2D eigenvalue weighted by Crippen LogP contribution is 2.28. The molecule has 2 atom stereocenters. The number of aliphatic hydroxyl groups excluding tert-OH is 1. The number of H-pyrrole nitrogens is 1. The SMILES string of the molecule is Cc1cc(COc2ccc(C(=O)NC3CCN(CCO)CC3c3n[nH]c(=O)s3)cc2)c2ccccc2n1. The largest absolute Gasteiger partial charge is 0.489 e. The maximum atomic E-state index is 13.1. The molecule has 2 aromatic carbocycles. The number of para-hydroxylation sites is 1. The third-order valence-electron chi connectivity index (χ3n) is 6.64. The van der Waals surface area contributed by atoms with E-state index in [-0.39, 0.29) is 29.3 Å². The Kier molecular flexibility index (Phi) is 7.59. The van der Waals surface area contributed by atoms with E-state index in [1.54, 1.807) is 24.3 Å². The van der Waals surface area contributed by atoms with Crippen molar-refractivity contribution in [3.8, 4) is 5.75 Å². The summed E-state index contributed by atoms with van der Waals surface area (Å²) in [6.07, 6.45) is 0.699. The van der Waals surface area contributed by atoms with Gasteiger partial charge in [-0.3, -0.25) is 14.6 Å². The van der Waals surface area contributed by atoms with Crippen LogP contribution in [-0.2, 0) is 6.61 Å². The zero-order valence-corrected chi connectivity index (χ0v) is 21.3. The zero-order chi connectivity index (χ0) is 25.8. The van der Waals surface area contributed by atoms with E-state index in [0.717, 1.165) is 40.0 Å². The first-order chi connectivity index (χ1) is 18.0. The van der Waals surface area contributed by atoms with Gasteiger partial charge in [-0.1, -0.05) is 29.5 Å². The summed E-state index contributed by atoms with van der Waals surface area (Å²) in [5.41, 5.74) is 3.47. The molecule has 192 valence electrons. The molecule has 5 rings (SSSR count). The molecule has 0 aliphatic carbocycles. The molecule has 3 heterocycles. The van der Waals surface area contributed by atoms with Crippen LogP contribution in [0.5, 0.6) is 5.75 Å². The number of fused-ring (bicyclic) bond motifs is 1. The molecule has 37 heavy (non-hydrogen) atoms. The van der Waals surface area contributed by atoms with Crippen LogP contribution in [0, 0.1) is 6.92 Å². The summed E-state index contributed by atoms with van der Waals surface area (Å²) in [7, 11) is 0. The Morgan fingerprint density at radius 3 is 2.81 bits per heavy atom. The molecule has 3 N–H and O–H groups in total. The summed E-state index contributed by atoms with van der Waals surface area (Å²) in [6, 6.07) is 17.0. The van der Waals surface area contributed by atoms with E-state index in [0.29, 0.717) is 42.4 Å². The van der Waals surface area contributed by atoms with Gasteiger partial charge in [-0.2, -0.15) is 5.10 Å². The number of aryl methyl sites for hydroxylation is 1. The highest BCUT2D eigenvalue weighted by molar-refractivity contribution is 7.08. The predicted molar refractivity (Wildman–Crippen MR) is 142 cm³/mol. The first-order valence-corrected chi connectivity index (χ1v) is 13.1. The molecule has 1 fully saturated rings. The fourth-order valence-corrected chi connectivity index (χ4v) is 5.58. The number of piperidine rings is 1. The van der Waals surface area contributed by atoms with Gasteiger partial charge in [0.25, 0.3) is 5.91 Å². The standard InChI is InChI=1S/C27H29N5O4S/c1-17-14-19(21-4-2-3-5-23(21)28-17)16-36-20-8-6-18(7-9-20)25(34)29-24-10-11-32(12-13-33)15-22(24)26-30-31-27(35)37-26/h2-9,14,22,24,33H,10-13,15-16H2,1H3,(H,29,34)(H,31,35). The van der Waals surface area contributed by atoms with Crippen molar-refractivity contribution in [2.24, 2.45) is 0 Å². The molecule has 2 unspecified atom stereocenters. The fraction of sp³-hybridized carbons (Fsp3) is 0.333. The van der Waals surface area contributed by atoms with Gasteiger partial charge in [-0.05, 0) is 49.7 Å². The molecule has 0 radical (unpaired) electrons. The van der Waals surface area contributed by atoms with Gasteiger partial charge in [0, 0.05) is 53.8 Å². The number of rotatable bonds is 8. The topological polar surface area (TPSA) is 120 Å². The van der Waals surface area contributed by atoms with Crippen LogP contribution in [0.1, 0.15) is 39.0 Å². The van der Waals surface area contributed by atoms with Crippen LogP contribution in [0.4, 0.5) is 0 Å². The van der Waals surface area contributed by atoms with Gasteiger partial charge in [-0.15, -0.1) is 0 Å². The molecule has 4 aromatic rings. The monoisotopic (exact) mass is 519 g/mol. The fourth-order valence-electron chi connectivity index (χ4n) is 4.82. The van der Waals surface area contributed by atoms with Crippen LogP contribution < -0.4 is 14.9 Å². The number of aromatic nitrogens is 3. The quantitative estimate of drug-likeness (QED) is 0.327.